The molecule has 0 bridgehead atoms. The van der Waals surface area contributed by atoms with Gasteiger partial charge in [0.15, 0.2) is 0 Å². The zero-order valence-corrected chi connectivity index (χ0v) is 15.2. The number of rotatable bonds is 4. The van der Waals surface area contributed by atoms with Crippen LogP contribution >= 0.6 is 11.6 Å². The molecule has 5 nitrogen and oxygen atoms in total. The van der Waals surface area contributed by atoms with Gasteiger partial charge in [-0.15, -0.1) is 0 Å². The minimum atomic E-state index is -3.83. The van der Waals surface area contributed by atoms with Crippen molar-refractivity contribution >= 4 is 27.3 Å². The van der Waals surface area contributed by atoms with Crippen molar-refractivity contribution in [3.63, 3.8) is 0 Å². The summed E-state index contributed by atoms with van der Waals surface area (Å²) in [5.41, 5.74) is 0.952. The number of benzene rings is 2. The van der Waals surface area contributed by atoms with E-state index in [1.165, 1.54) is 23.5 Å². The van der Waals surface area contributed by atoms with Crippen LogP contribution in [-0.4, -0.2) is 46.0 Å². The van der Waals surface area contributed by atoms with E-state index in [1.807, 2.05) is 18.2 Å². The predicted octanol–water partition coefficient (Wildman–Crippen LogP) is 3.00. The summed E-state index contributed by atoms with van der Waals surface area (Å²) in [6, 6.07) is 10.9. The molecule has 2 aromatic rings. The van der Waals surface area contributed by atoms with Crippen molar-refractivity contribution in [2.45, 2.75) is 4.90 Å². The van der Waals surface area contributed by atoms with E-state index in [9.17, 15) is 12.8 Å². The number of piperazine rings is 1. The highest BCUT2D eigenvalue weighted by Gasteiger charge is 2.31. The number of hydrogen-bond donors (Lipinski definition) is 0. The first-order valence-electron chi connectivity index (χ1n) is 7.76. The Balaban J connectivity index is 1.79. The molecule has 0 N–H and O–H groups in total. The van der Waals surface area contributed by atoms with E-state index in [2.05, 4.69) is 4.90 Å². The third-order valence-corrected chi connectivity index (χ3v) is 6.31. The Morgan fingerprint density at radius 3 is 2.44 bits per heavy atom. The van der Waals surface area contributed by atoms with Gasteiger partial charge in [0, 0.05) is 36.9 Å². The highest BCUT2D eigenvalue weighted by Crippen LogP contribution is 2.29. The van der Waals surface area contributed by atoms with Gasteiger partial charge >= 0.3 is 0 Å². The number of anilines is 1. The van der Waals surface area contributed by atoms with Crippen LogP contribution in [-0.2, 0) is 10.0 Å². The van der Waals surface area contributed by atoms with Crippen LogP contribution in [0.5, 0.6) is 5.75 Å². The molecule has 0 radical (unpaired) electrons. The average Bonchev–Trinajstić information content (AvgIpc) is 2.62. The molecule has 134 valence electrons. The van der Waals surface area contributed by atoms with Gasteiger partial charge in [-0.1, -0.05) is 17.7 Å². The van der Waals surface area contributed by atoms with Crippen LogP contribution in [0.2, 0.25) is 5.02 Å². The summed E-state index contributed by atoms with van der Waals surface area (Å²) in [5, 5.41) is 0.636. The standard InChI is InChI=1S/C17H18ClFN2O3S/c1-24-16-6-5-14(19)12-17(16)25(22,23)21-9-7-20(8-10-21)15-4-2-3-13(18)11-15/h2-6,11-12H,7-10H2,1H3. The van der Waals surface area contributed by atoms with E-state index in [1.54, 1.807) is 6.07 Å². The minimum absolute atomic E-state index is 0.138. The van der Waals surface area contributed by atoms with Crippen molar-refractivity contribution in [1.82, 2.24) is 4.31 Å². The molecule has 0 unspecified atom stereocenters. The first-order chi connectivity index (χ1) is 11.9. The van der Waals surface area contributed by atoms with Gasteiger partial charge in [-0.25, -0.2) is 12.8 Å². The quantitative estimate of drug-likeness (QED) is 0.813. The SMILES string of the molecule is COc1ccc(F)cc1S(=O)(=O)N1CCN(c2cccc(Cl)c2)CC1. The second-order valence-electron chi connectivity index (χ2n) is 5.67. The molecule has 0 aliphatic carbocycles. The number of nitrogens with zero attached hydrogens (tertiary/aromatic N) is 2. The normalized spacial score (nSPS) is 16.0. The predicted molar refractivity (Wildman–Crippen MR) is 95.4 cm³/mol. The molecule has 0 atom stereocenters. The summed E-state index contributed by atoms with van der Waals surface area (Å²) in [4.78, 5) is 1.92. The van der Waals surface area contributed by atoms with E-state index in [0.29, 0.717) is 31.2 Å². The molecule has 8 heteroatoms. The Hall–Kier alpha value is -1.83. The first kappa shape index (κ1) is 18.0. The third-order valence-electron chi connectivity index (χ3n) is 4.16. The van der Waals surface area contributed by atoms with E-state index >= 15 is 0 Å². The van der Waals surface area contributed by atoms with E-state index in [4.69, 9.17) is 16.3 Å². The van der Waals surface area contributed by atoms with Crippen LogP contribution < -0.4 is 9.64 Å². The van der Waals surface area contributed by atoms with E-state index in [0.717, 1.165) is 11.8 Å². The fourth-order valence-electron chi connectivity index (χ4n) is 2.85. The topological polar surface area (TPSA) is 49.9 Å². The molecule has 1 fully saturated rings. The molecule has 1 saturated heterocycles. The van der Waals surface area contributed by atoms with Gasteiger partial charge in [-0.2, -0.15) is 4.31 Å². The highest BCUT2D eigenvalue weighted by atomic mass is 35.5. The van der Waals surface area contributed by atoms with Crippen molar-refractivity contribution in [2.75, 3.05) is 38.2 Å². The van der Waals surface area contributed by atoms with Gasteiger partial charge in [-0.3, -0.25) is 0 Å². The molecular weight excluding hydrogens is 367 g/mol. The number of sulfonamides is 1. The lowest BCUT2D eigenvalue weighted by Gasteiger charge is -2.35. The van der Waals surface area contributed by atoms with Gasteiger partial charge in [-0.05, 0) is 36.4 Å². The third kappa shape index (κ3) is 3.73. The lowest BCUT2D eigenvalue weighted by atomic mass is 10.2. The maximum absolute atomic E-state index is 13.5. The Bertz CT molecular complexity index is 868. The second-order valence-corrected chi connectivity index (χ2v) is 8.01. The van der Waals surface area contributed by atoms with Gasteiger partial charge in [0.2, 0.25) is 10.0 Å². The number of ether oxygens (including phenoxy) is 1. The van der Waals surface area contributed by atoms with Crippen molar-refractivity contribution < 1.29 is 17.5 Å². The lowest BCUT2D eigenvalue weighted by Crippen LogP contribution is -2.48. The maximum atomic E-state index is 13.5. The van der Waals surface area contributed by atoms with Crippen molar-refractivity contribution in [2.24, 2.45) is 0 Å². The largest absolute Gasteiger partial charge is 0.495 e. The van der Waals surface area contributed by atoms with Crippen LogP contribution in [0.15, 0.2) is 47.4 Å². The summed E-state index contributed by atoms with van der Waals surface area (Å²) >= 11 is 6.01. The van der Waals surface area contributed by atoms with Crippen LogP contribution in [0.25, 0.3) is 0 Å². The Labute approximate surface area is 151 Å². The molecule has 0 saturated carbocycles. The summed E-state index contributed by atoms with van der Waals surface area (Å²) < 4.78 is 45.7. The fourth-order valence-corrected chi connectivity index (χ4v) is 4.62. The number of hydrogen-bond acceptors (Lipinski definition) is 4. The van der Waals surface area contributed by atoms with Crippen LogP contribution in [0.4, 0.5) is 10.1 Å². The summed E-state index contributed by atoms with van der Waals surface area (Å²) in [7, 11) is -2.46. The monoisotopic (exact) mass is 384 g/mol. The van der Waals surface area contributed by atoms with Crippen molar-refractivity contribution in [3.8, 4) is 5.75 Å². The molecule has 25 heavy (non-hydrogen) atoms. The summed E-state index contributed by atoms with van der Waals surface area (Å²) in [6.07, 6.45) is 0. The molecule has 1 aliphatic rings. The number of methoxy groups -OCH3 is 1. The molecule has 0 amide bonds. The van der Waals surface area contributed by atoms with Crippen molar-refractivity contribution in [1.29, 1.82) is 0 Å². The Kier molecular flexibility index (Phi) is 5.17. The zero-order valence-electron chi connectivity index (χ0n) is 13.7. The van der Waals surface area contributed by atoms with Gasteiger partial charge < -0.3 is 9.64 Å². The molecule has 1 aliphatic heterocycles. The highest BCUT2D eigenvalue weighted by molar-refractivity contribution is 7.89. The summed E-state index contributed by atoms with van der Waals surface area (Å²) in [5.74, 6) is -0.476. The summed E-state index contributed by atoms with van der Waals surface area (Å²) in [6.45, 7) is 1.65. The zero-order chi connectivity index (χ0) is 18.0. The Morgan fingerprint density at radius 2 is 1.80 bits per heavy atom. The molecular formula is C17H18ClFN2O3S. The smallest absolute Gasteiger partial charge is 0.246 e. The van der Waals surface area contributed by atoms with Gasteiger partial charge in [0.05, 0.1) is 7.11 Å². The molecule has 0 spiro atoms. The lowest BCUT2D eigenvalue weighted by molar-refractivity contribution is 0.373. The minimum Gasteiger partial charge on any atom is -0.495 e. The van der Waals surface area contributed by atoms with Gasteiger partial charge in [0.1, 0.15) is 16.5 Å². The van der Waals surface area contributed by atoms with Crippen LogP contribution in [0, 0.1) is 5.82 Å². The van der Waals surface area contributed by atoms with E-state index < -0.39 is 15.8 Å². The van der Waals surface area contributed by atoms with Gasteiger partial charge in [0.25, 0.3) is 0 Å². The molecule has 3 rings (SSSR count). The second kappa shape index (κ2) is 7.19. The maximum Gasteiger partial charge on any atom is 0.246 e. The fraction of sp³-hybridized carbons (Fsp3) is 0.294. The van der Waals surface area contributed by atoms with Crippen LogP contribution in [0.1, 0.15) is 0 Å². The molecule has 1 heterocycles. The molecule has 2 aromatic carbocycles. The Morgan fingerprint density at radius 1 is 1.08 bits per heavy atom. The first-order valence-corrected chi connectivity index (χ1v) is 9.58. The van der Waals surface area contributed by atoms with Crippen molar-refractivity contribution in [3.05, 3.63) is 53.3 Å². The number of halogens is 2. The average molecular weight is 385 g/mol. The van der Waals surface area contributed by atoms with E-state index in [-0.39, 0.29) is 10.6 Å². The van der Waals surface area contributed by atoms with Crippen LogP contribution in [0.3, 0.4) is 0 Å². The molecule has 0 aromatic heterocycles.